The summed E-state index contributed by atoms with van der Waals surface area (Å²) in [5.41, 5.74) is 5.62. The van der Waals surface area contributed by atoms with E-state index in [4.69, 9.17) is 10.2 Å². The molecule has 6 heteroatoms. The van der Waals surface area contributed by atoms with E-state index in [0.29, 0.717) is 0 Å². The molecule has 94 valence electrons. The van der Waals surface area contributed by atoms with Crippen molar-refractivity contribution in [3.05, 3.63) is 0 Å². The van der Waals surface area contributed by atoms with Gasteiger partial charge in [-0.3, -0.25) is 9.59 Å². The number of carbonyl (C=O) groups excluding carboxylic acids is 2. The van der Waals surface area contributed by atoms with E-state index in [9.17, 15) is 9.59 Å². The summed E-state index contributed by atoms with van der Waals surface area (Å²) in [4.78, 5) is 22.7. The fourth-order valence-corrected chi connectivity index (χ4v) is 1.71. The summed E-state index contributed by atoms with van der Waals surface area (Å²) >= 11 is 0. The van der Waals surface area contributed by atoms with E-state index in [2.05, 4.69) is 5.32 Å². The third kappa shape index (κ3) is 6.57. The Morgan fingerprint density at radius 2 is 1.81 bits per heavy atom. The zero-order chi connectivity index (χ0) is 12.9. The van der Waals surface area contributed by atoms with Crippen LogP contribution in [0.2, 0.25) is 19.6 Å². The van der Waals surface area contributed by atoms with Gasteiger partial charge in [0.2, 0.25) is 14.2 Å². The van der Waals surface area contributed by atoms with Gasteiger partial charge < -0.3 is 15.5 Å². The average molecular weight is 246 g/mol. The van der Waals surface area contributed by atoms with E-state index >= 15 is 0 Å². The maximum atomic E-state index is 11.4. The molecule has 0 aliphatic carbocycles. The van der Waals surface area contributed by atoms with Gasteiger partial charge in [0.25, 0.3) is 0 Å². The highest BCUT2D eigenvalue weighted by Crippen LogP contribution is 2.02. The Bertz CT molecular complexity index is 261. The van der Waals surface area contributed by atoms with Gasteiger partial charge in [0.05, 0.1) is 6.04 Å². The predicted octanol–water partition coefficient (Wildman–Crippen LogP) is 0.464. The maximum absolute atomic E-state index is 11.4. The topological polar surface area (TPSA) is 81.4 Å². The Hall–Kier alpha value is -0.883. The molecule has 0 bridgehead atoms. The molecule has 16 heavy (non-hydrogen) atoms. The molecule has 0 aliphatic rings. The second-order valence-corrected chi connectivity index (χ2v) is 9.50. The highest BCUT2D eigenvalue weighted by molar-refractivity contribution is 6.71. The first kappa shape index (κ1) is 15.1. The summed E-state index contributed by atoms with van der Waals surface area (Å²) in [5, 5.41) is 2.47. The summed E-state index contributed by atoms with van der Waals surface area (Å²) in [7, 11) is -1.87. The summed E-state index contributed by atoms with van der Waals surface area (Å²) in [5.74, 6) is -0.668. The molecule has 0 aliphatic heterocycles. The van der Waals surface area contributed by atoms with Crippen molar-refractivity contribution in [3.63, 3.8) is 0 Å². The summed E-state index contributed by atoms with van der Waals surface area (Å²) in [6.07, 6.45) is 0. The lowest BCUT2D eigenvalue weighted by Gasteiger charge is -2.19. The van der Waals surface area contributed by atoms with Gasteiger partial charge in [0, 0.05) is 0 Å². The van der Waals surface area contributed by atoms with Gasteiger partial charge in [-0.2, -0.15) is 0 Å². The molecule has 0 spiro atoms. The lowest BCUT2D eigenvalue weighted by molar-refractivity contribution is -0.136. The molecule has 0 radical (unpaired) electrons. The van der Waals surface area contributed by atoms with Gasteiger partial charge >= 0.3 is 5.97 Å². The van der Waals surface area contributed by atoms with Crippen LogP contribution in [0.25, 0.3) is 0 Å². The minimum Gasteiger partial charge on any atom is -0.519 e. The Morgan fingerprint density at radius 1 is 1.31 bits per heavy atom. The summed E-state index contributed by atoms with van der Waals surface area (Å²) < 4.78 is 5.17. The average Bonchev–Trinajstić information content (AvgIpc) is 2.09. The summed E-state index contributed by atoms with van der Waals surface area (Å²) in [6.45, 7) is 9.32. The molecule has 3 N–H and O–H groups in total. The van der Waals surface area contributed by atoms with Gasteiger partial charge in [-0.25, -0.2) is 0 Å². The molecule has 0 saturated heterocycles. The number of nitrogens with one attached hydrogen (secondary N) is 1. The number of amides is 1. The van der Waals surface area contributed by atoms with Crippen LogP contribution in [0, 0.1) is 5.92 Å². The number of rotatable bonds is 5. The standard InChI is InChI=1S/C10H22N2O3Si/c1-7(2)9(11)10(14)12-6-8(13)15-16(3,4)5/h7,9H,6,11H2,1-5H3,(H,12,14). The lowest BCUT2D eigenvalue weighted by atomic mass is 10.1. The summed E-state index contributed by atoms with van der Waals surface area (Å²) in [6, 6.07) is -0.584. The third-order valence-corrected chi connectivity index (χ3v) is 2.69. The van der Waals surface area contributed by atoms with Crippen LogP contribution in [0.4, 0.5) is 0 Å². The molecule has 0 aromatic rings. The molecule has 5 nitrogen and oxygen atoms in total. The molecule has 0 aromatic heterocycles. The van der Waals surface area contributed by atoms with Crippen LogP contribution in [-0.4, -0.2) is 32.8 Å². The largest absolute Gasteiger partial charge is 0.519 e. The van der Waals surface area contributed by atoms with Crippen molar-refractivity contribution < 1.29 is 14.0 Å². The first-order valence-corrected chi connectivity index (χ1v) is 8.79. The van der Waals surface area contributed by atoms with Crippen molar-refractivity contribution in [2.45, 2.75) is 39.5 Å². The van der Waals surface area contributed by atoms with Crippen molar-refractivity contribution in [1.82, 2.24) is 5.32 Å². The normalized spacial score (nSPS) is 13.4. The monoisotopic (exact) mass is 246 g/mol. The fourth-order valence-electron chi connectivity index (χ4n) is 0.957. The number of hydrogen-bond donors (Lipinski definition) is 2. The molecule has 0 rings (SSSR count). The smallest absolute Gasteiger partial charge is 0.312 e. The number of carbonyl (C=O) groups is 2. The quantitative estimate of drug-likeness (QED) is 0.691. The molecule has 0 fully saturated rings. The van der Waals surface area contributed by atoms with Gasteiger partial charge in [-0.15, -0.1) is 0 Å². The third-order valence-electron chi connectivity index (χ3n) is 1.85. The van der Waals surface area contributed by atoms with E-state index in [0.717, 1.165) is 0 Å². The van der Waals surface area contributed by atoms with Crippen LogP contribution in [0.1, 0.15) is 13.8 Å². The van der Waals surface area contributed by atoms with Crippen LogP contribution in [0.3, 0.4) is 0 Å². The van der Waals surface area contributed by atoms with Crippen molar-refractivity contribution in [1.29, 1.82) is 0 Å². The highest BCUT2D eigenvalue weighted by Gasteiger charge is 2.22. The fraction of sp³-hybridized carbons (Fsp3) is 0.800. The molecule has 1 unspecified atom stereocenters. The van der Waals surface area contributed by atoms with Crippen molar-refractivity contribution in [2.75, 3.05) is 6.54 Å². The SMILES string of the molecule is CC(C)C(N)C(=O)NCC(=O)O[Si](C)(C)C. The Morgan fingerprint density at radius 3 is 2.19 bits per heavy atom. The van der Waals surface area contributed by atoms with Crippen LogP contribution >= 0.6 is 0 Å². The Kier molecular flexibility index (Phi) is 5.67. The second kappa shape index (κ2) is 6.00. The van der Waals surface area contributed by atoms with E-state index < -0.39 is 20.3 Å². The van der Waals surface area contributed by atoms with Crippen LogP contribution < -0.4 is 11.1 Å². The molecule has 0 heterocycles. The van der Waals surface area contributed by atoms with Crippen molar-refractivity contribution in [3.8, 4) is 0 Å². The number of hydrogen-bond acceptors (Lipinski definition) is 4. The van der Waals surface area contributed by atoms with Gasteiger partial charge in [-0.05, 0) is 25.6 Å². The van der Waals surface area contributed by atoms with Crippen LogP contribution in [-0.2, 0) is 14.0 Å². The molecular formula is C10H22N2O3Si. The van der Waals surface area contributed by atoms with E-state index in [1.807, 2.05) is 33.5 Å². The van der Waals surface area contributed by atoms with Gasteiger partial charge in [-0.1, -0.05) is 13.8 Å². The minimum atomic E-state index is -1.87. The first-order chi connectivity index (χ1) is 7.13. The first-order valence-electron chi connectivity index (χ1n) is 5.38. The highest BCUT2D eigenvalue weighted by atomic mass is 28.4. The molecule has 0 aromatic carbocycles. The van der Waals surface area contributed by atoms with E-state index in [-0.39, 0.29) is 18.4 Å². The van der Waals surface area contributed by atoms with Crippen LogP contribution in [0.5, 0.6) is 0 Å². The molecular weight excluding hydrogens is 224 g/mol. The zero-order valence-electron chi connectivity index (χ0n) is 10.7. The van der Waals surface area contributed by atoms with E-state index in [1.165, 1.54) is 0 Å². The van der Waals surface area contributed by atoms with Gasteiger partial charge in [0.1, 0.15) is 6.54 Å². The maximum Gasteiger partial charge on any atom is 0.312 e. The number of nitrogens with two attached hydrogens (primary N) is 1. The molecule has 1 atom stereocenters. The van der Waals surface area contributed by atoms with Crippen molar-refractivity contribution >= 4 is 20.2 Å². The van der Waals surface area contributed by atoms with Gasteiger partial charge in [0.15, 0.2) is 0 Å². The second-order valence-electron chi connectivity index (χ2n) is 5.07. The minimum absolute atomic E-state index is 0.0491. The zero-order valence-corrected chi connectivity index (χ0v) is 11.7. The predicted molar refractivity (Wildman–Crippen MR) is 65.3 cm³/mol. The molecule has 0 saturated carbocycles. The molecule has 1 amide bonds. The van der Waals surface area contributed by atoms with Crippen LogP contribution in [0.15, 0.2) is 0 Å². The van der Waals surface area contributed by atoms with Crippen molar-refractivity contribution in [2.24, 2.45) is 11.7 Å². The van der Waals surface area contributed by atoms with E-state index in [1.54, 1.807) is 0 Å². The lowest BCUT2D eigenvalue weighted by Crippen LogP contribution is -2.46. The Balaban J connectivity index is 3.98. The Labute approximate surface area is 97.9 Å².